The van der Waals surface area contributed by atoms with E-state index in [4.69, 9.17) is 4.74 Å². The lowest BCUT2D eigenvalue weighted by Gasteiger charge is -2.35. The molecule has 1 saturated carbocycles. The monoisotopic (exact) mass is 450 g/mol. The van der Waals surface area contributed by atoms with E-state index in [-0.39, 0.29) is 28.8 Å². The summed E-state index contributed by atoms with van der Waals surface area (Å²) < 4.78 is 6.45. The number of cyclic esters (lactones) is 1. The number of amides is 3. The molecule has 33 heavy (non-hydrogen) atoms. The quantitative estimate of drug-likeness (QED) is 0.719. The van der Waals surface area contributed by atoms with Crippen LogP contribution in [-0.2, 0) is 17.8 Å². The van der Waals surface area contributed by atoms with Gasteiger partial charge in [-0.25, -0.2) is 4.79 Å². The minimum atomic E-state index is -0.467. The maximum absolute atomic E-state index is 13.1. The van der Waals surface area contributed by atoms with Gasteiger partial charge < -0.3 is 19.5 Å². The van der Waals surface area contributed by atoms with E-state index in [1.54, 1.807) is 15.9 Å². The van der Waals surface area contributed by atoms with Gasteiger partial charge in [-0.15, -0.1) is 0 Å². The van der Waals surface area contributed by atoms with Gasteiger partial charge in [0, 0.05) is 26.2 Å². The van der Waals surface area contributed by atoms with E-state index in [2.05, 4.69) is 5.32 Å². The van der Waals surface area contributed by atoms with E-state index in [1.807, 2.05) is 31.2 Å². The SMILES string of the molecule is Cc1ccc(CNC(=O)c2ccc3n(c2=O)CCN(CC2(N4CCOC4=O)CC2)C3=O)cc1. The minimum absolute atomic E-state index is 0.0191. The average molecular weight is 450 g/mol. The molecular weight excluding hydrogens is 424 g/mol. The molecule has 2 aromatic rings. The predicted octanol–water partition coefficient (Wildman–Crippen LogP) is 1.53. The lowest BCUT2D eigenvalue weighted by molar-refractivity contribution is 0.0620. The van der Waals surface area contributed by atoms with Crippen molar-refractivity contribution in [1.82, 2.24) is 19.7 Å². The summed E-state index contributed by atoms with van der Waals surface area (Å²) in [5.41, 5.74) is 1.53. The third-order valence-electron chi connectivity index (χ3n) is 6.74. The van der Waals surface area contributed by atoms with Gasteiger partial charge in [0.25, 0.3) is 17.4 Å². The van der Waals surface area contributed by atoms with Crippen LogP contribution in [-0.4, -0.2) is 64.1 Å². The second-order valence-corrected chi connectivity index (χ2v) is 8.97. The predicted molar refractivity (Wildman–Crippen MR) is 119 cm³/mol. The molecule has 3 aliphatic rings. The number of carbonyl (C=O) groups excluding carboxylic acids is 3. The fourth-order valence-corrected chi connectivity index (χ4v) is 4.62. The van der Waals surface area contributed by atoms with Crippen LogP contribution >= 0.6 is 0 Å². The van der Waals surface area contributed by atoms with Crippen molar-refractivity contribution in [2.24, 2.45) is 0 Å². The summed E-state index contributed by atoms with van der Waals surface area (Å²) >= 11 is 0. The van der Waals surface area contributed by atoms with Crippen LogP contribution in [0.15, 0.2) is 41.2 Å². The first kappa shape index (κ1) is 21.2. The van der Waals surface area contributed by atoms with Crippen molar-refractivity contribution in [3.05, 3.63) is 69.1 Å². The molecule has 172 valence electrons. The highest BCUT2D eigenvalue weighted by Gasteiger charge is 2.54. The molecule has 9 nitrogen and oxygen atoms in total. The van der Waals surface area contributed by atoms with Crippen LogP contribution in [0.4, 0.5) is 4.79 Å². The Bertz CT molecular complexity index is 1180. The van der Waals surface area contributed by atoms with Crippen LogP contribution in [0.25, 0.3) is 0 Å². The number of ether oxygens (including phenoxy) is 1. The number of fused-ring (bicyclic) bond motifs is 1. The highest BCUT2D eigenvalue weighted by Crippen LogP contribution is 2.44. The first-order valence-electron chi connectivity index (χ1n) is 11.2. The van der Waals surface area contributed by atoms with E-state index < -0.39 is 11.5 Å². The van der Waals surface area contributed by atoms with Gasteiger partial charge in [0.05, 0.1) is 12.1 Å². The molecule has 0 spiro atoms. The van der Waals surface area contributed by atoms with Gasteiger partial charge in [0.15, 0.2) is 0 Å². The molecule has 0 radical (unpaired) electrons. The Balaban J connectivity index is 1.29. The Morgan fingerprint density at radius 2 is 1.79 bits per heavy atom. The highest BCUT2D eigenvalue weighted by atomic mass is 16.6. The molecule has 1 aliphatic carbocycles. The molecule has 5 rings (SSSR count). The summed E-state index contributed by atoms with van der Waals surface area (Å²) in [5.74, 6) is -0.723. The zero-order chi connectivity index (χ0) is 23.2. The van der Waals surface area contributed by atoms with Gasteiger partial charge >= 0.3 is 6.09 Å². The number of hydrogen-bond acceptors (Lipinski definition) is 5. The number of rotatable bonds is 6. The van der Waals surface area contributed by atoms with Crippen molar-refractivity contribution >= 4 is 17.9 Å². The van der Waals surface area contributed by atoms with Crippen LogP contribution in [0, 0.1) is 6.92 Å². The topological polar surface area (TPSA) is 101 Å². The zero-order valence-corrected chi connectivity index (χ0v) is 18.5. The number of benzene rings is 1. The van der Waals surface area contributed by atoms with Gasteiger partial charge in [-0.05, 0) is 37.5 Å². The number of pyridine rings is 1. The van der Waals surface area contributed by atoms with Gasteiger partial charge in [-0.1, -0.05) is 29.8 Å². The Labute approximate surface area is 190 Å². The first-order chi connectivity index (χ1) is 15.9. The van der Waals surface area contributed by atoms with Crippen molar-refractivity contribution in [1.29, 1.82) is 0 Å². The zero-order valence-electron chi connectivity index (χ0n) is 18.5. The van der Waals surface area contributed by atoms with Gasteiger partial charge in [0.1, 0.15) is 17.9 Å². The third kappa shape index (κ3) is 3.88. The van der Waals surface area contributed by atoms with E-state index in [0.717, 1.165) is 24.0 Å². The normalized spacial score (nSPS) is 18.7. The Hall–Kier alpha value is -3.62. The highest BCUT2D eigenvalue weighted by molar-refractivity contribution is 5.97. The third-order valence-corrected chi connectivity index (χ3v) is 6.74. The van der Waals surface area contributed by atoms with Crippen molar-refractivity contribution in [3.8, 4) is 0 Å². The van der Waals surface area contributed by atoms with Crippen molar-refractivity contribution in [3.63, 3.8) is 0 Å². The van der Waals surface area contributed by atoms with Crippen LogP contribution in [0.1, 0.15) is 44.8 Å². The largest absolute Gasteiger partial charge is 0.448 e. The first-order valence-corrected chi connectivity index (χ1v) is 11.2. The molecule has 0 atom stereocenters. The molecule has 9 heteroatoms. The molecule has 3 heterocycles. The van der Waals surface area contributed by atoms with E-state index >= 15 is 0 Å². The van der Waals surface area contributed by atoms with Crippen molar-refractivity contribution < 1.29 is 19.1 Å². The molecule has 0 unspecified atom stereocenters. The van der Waals surface area contributed by atoms with Crippen LogP contribution in [0.2, 0.25) is 0 Å². The minimum Gasteiger partial charge on any atom is -0.448 e. The number of nitrogens with zero attached hydrogens (tertiary/aromatic N) is 3. The van der Waals surface area contributed by atoms with Crippen LogP contribution < -0.4 is 10.9 Å². The van der Waals surface area contributed by atoms with Crippen LogP contribution in [0.5, 0.6) is 0 Å². The maximum atomic E-state index is 13.1. The van der Waals surface area contributed by atoms with E-state index in [1.165, 1.54) is 10.6 Å². The summed E-state index contributed by atoms with van der Waals surface area (Å²) in [4.78, 5) is 54.2. The van der Waals surface area contributed by atoms with Crippen LogP contribution in [0.3, 0.4) is 0 Å². The lowest BCUT2D eigenvalue weighted by atomic mass is 10.1. The molecule has 2 fully saturated rings. The summed E-state index contributed by atoms with van der Waals surface area (Å²) in [6.07, 6.45) is 1.34. The standard InChI is InChI=1S/C24H26N4O5/c1-16-2-4-17(5-3-16)14-25-20(29)18-6-7-19-22(31)26(10-11-27(19)21(18)30)15-24(8-9-24)28-12-13-33-23(28)32/h2-7H,8-15H2,1H3,(H,25,29). The van der Waals surface area contributed by atoms with E-state index in [9.17, 15) is 19.2 Å². The summed E-state index contributed by atoms with van der Waals surface area (Å²) in [6, 6.07) is 10.7. The van der Waals surface area contributed by atoms with Gasteiger partial charge in [-0.3, -0.25) is 19.3 Å². The molecule has 0 bridgehead atoms. The molecular formula is C24H26N4O5. The number of carbonyl (C=O) groups is 3. The maximum Gasteiger partial charge on any atom is 0.410 e. The molecule has 3 amide bonds. The summed E-state index contributed by atoms with van der Waals surface area (Å²) in [6.45, 7) is 4.30. The number of nitrogens with one attached hydrogen (secondary N) is 1. The Kier molecular flexibility index (Phi) is 5.19. The number of aryl methyl sites for hydroxylation is 1. The second-order valence-electron chi connectivity index (χ2n) is 8.97. The molecule has 1 saturated heterocycles. The molecule has 1 aromatic carbocycles. The van der Waals surface area contributed by atoms with Gasteiger partial charge in [-0.2, -0.15) is 0 Å². The fourth-order valence-electron chi connectivity index (χ4n) is 4.62. The van der Waals surface area contributed by atoms with Crippen molar-refractivity contribution in [2.75, 3.05) is 26.2 Å². The fraction of sp³-hybridized carbons (Fsp3) is 0.417. The van der Waals surface area contributed by atoms with E-state index in [0.29, 0.717) is 39.3 Å². The summed E-state index contributed by atoms with van der Waals surface area (Å²) in [7, 11) is 0. The number of aromatic nitrogens is 1. The van der Waals surface area contributed by atoms with Gasteiger partial charge in [0.2, 0.25) is 0 Å². The summed E-state index contributed by atoms with van der Waals surface area (Å²) in [5, 5.41) is 2.78. The smallest absolute Gasteiger partial charge is 0.410 e. The average Bonchev–Trinajstić information content (AvgIpc) is 3.45. The molecule has 1 aromatic heterocycles. The Morgan fingerprint density at radius 1 is 1.03 bits per heavy atom. The Morgan fingerprint density at radius 3 is 2.45 bits per heavy atom. The number of hydrogen-bond donors (Lipinski definition) is 1. The van der Waals surface area contributed by atoms with Crippen molar-refractivity contribution in [2.45, 2.75) is 38.4 Å². The molecule has 2 aliphatic heterocycles. The lowest BCUT2D eigenvalue weighted by Crippen LogP contribution is -2.52. The second kappa shape index (κ2) is 8.06. The molecule has 1 N–H and O–H groups in total.